The van der Waals surface area contributed by atoms with E-state index < -0.39 is 11.7 Å². The highest BCUT2D eigenvalue weighted by molar-refractivity contribution is 7.99. The first-order chi connectivity index (χ1) is 15.8. The fraction of sp³-hybridized carbons (Fsp3) is 0.500. The molecule has 0 radical (unpaired) electrons. The zero-order valence-electron chi connectivity index (χ0n) is 18.3. The van der Waals surface area contributed by atoms with Crippen LogP contribution in [0.15, 0.2) is 39.6 Å². The summed E-state index contributed by atoms with van der Waals surface area (Å²) in [4.78, 5) is 12.0. The van der Waals surface area contributed by atoms with Crippen molar-refractivity contribution in [2.45, 2.75) is 69.5 Å². The lowest BCUT2D eigenvalue weighted by molar-refractivity contribution is -0.137. The molecule has 3 aromatic rings. The highest BCUT2D eigenvalue weighted by Crippen LogP contribution is 2.34. The second-order valence-corrected chi connectivity index (χ2v) is 10.0. The van der Waals surface area contributed by atoms with E-state index in [4.69, 9.17) is 0 Å². The molecule has 1 saturated carbocycles. The Morgan fingerprint density at radius 3 is 2.70 bits per heavy atom. The largest absolute Gasteiger partial charge is 0.416 e. The minimum absolute atomic E-state index is 0.0350. The van der Waals surface area contributed by atoms with E-state index in [2.05, 4.69) is 20.1 Å². The molecule has 2 aromatic heterocycles. The third-order valence-electron chi connectivity index (χ3n) is 5.84. The molecule has 4 rings (SSSR count). The molecule has 1 aliphatic carbocycles. The van der Waals surface area contributed by atoms with Crippen LogP contribution in [0, 0.1) is 6.92 Å². The zero-order chi connectivity index (χ0) is 23.4. The van der Waals surface area contributed by atoms with Gasteiger partial charge in [-0.05, 0) is 38.0 Å². The first-order valence-electron chi connectivity index (χ1n) is 11.0. The van der Waals surface area contributed by atoms with Gasteiger partial charge in [0, 0.05) is 35.1 Å². The lowest BCUT2D eigenvalue weighted by Gasteiger charge is -2.25. The molecule has 0 spiro atoms. The summed E-state index contributed by atoms with van der Waals surface area (Å²) in [6.45, 7) is 2.80. The van der Waals surface area contributed by atoms with E-state index in [-0.39, 0.29) is 17.5 Å². The monoisotopic (exact) mass is 497 g/mol. The first kappa shape index (κ1) is 23.9. The minimum Gasteiger partial charge on any atom is -0.378 e. The molecule has 0 aliphatic heterocycles. The van der Waals surface area contributed by atoms with Gasteiger partial charge in [0.2, 0.25) is 0 Å². The van der Waals surface area contributed by atoms with Crippen molar-refractivity contribution < 1.29 is 13.2 Å². The summed E-state index contributed by atoms with van der Waals surface area (Å²) in [7, 11) is 0. The van der Waals surface area contributed by atoms with Gasteiger partial charge < -0.3 is 14.5 Å². The Bertz CT molecular complexity index is 1130. The van der Waals surface area contributed by atoms with Gasteiger partial charge in [-0.25, -0.2) is 0 Å². The molecule has 1 aliphatic rings. The Hall–Kier alpha value is -2.27. The molecule has 0 atom stereocenters. The Labute approximate surface area is 198 Å². The second-order valence-electron chi connectivity index (χ2n) is 8.14. The minimum atomic E-state index is -4.38. The number of anilines is 1. The maximum absolute atomic E-state index is 13.0. The van der Waals surface area contributed by atoms with Gasteiger partial charge >= 0.3 is 11.0 Å². The van der Waals surface area contributed by atoms with Gasteiger partial charge in [-0.15, -0.1) is 10.2 Å². The average Bonchev–Trinajstić information content (AvgIpc) is 3.35. The van der Waals surface area contributed by atoms with Crippen LogP contribution in [0.4, 0.5) is 18.9 Å². The van der Waals surface area contributed by atoms with E-state index in [0.29, 0.717) is 23.8 Å². The number of thioether (sulfide) groups is 1. The van der Waals surface area contributed by atoms with E-state index >= 15 is 0 Å². The molecule has 6 nitrogen and oxygen atoms in total. The van der Waals surface area contributed by atoms with Crippen molar-refractivity contribution in [1.82, 2.24) is 19.3 Å². The van der Waals surface area contributed by atoms with Crippen LogP contribution < -0.4 is 10.2 Å². The number of nitrogens with zero attached hydrogens (tertiary/aromatic N) is 4. The predicted octanol–water partition coefficient (Wildman–Crippen LogP) is 5.74. The van der Waals surface area contributed by atoms with Crippen LogP contribution in [0.3, 0.4) is 0 Å². The van der Waals surface area contributed by atoms with Crippen LogP contribution in [-0.2, 0) is 19.3 Å². The van der Waals surface area contributed by atoms with E-state index in [1.807, 2.05) is 12.3 Å². The summed E-state index contributed by atoms with van der Waals surface area (Å²) in [5, 5.41) is 14.5. The van der Waals surface area contributed by atoms with E-state index in [1.54, 1.807) is 22.4 Å². The number of aromatic nitrogens is 4. The number of alkyl halides is 3. The van der Waals surface area contributed by atoms with Crippen LogP contribution in [-0.4, -0.2) is 25.1 Å². The number of benzene rings is 1. The van der Waals surface area contributed by atoms with E-state index in [0.717, 1.165) is 48.7 Å². The Balaban J connectivity index is 1.49. The molecule has 178 valence electrons. The summed E-state index contributed by atoms with van der Waals surface area (Å²) in [6, 6.07) is 5.46. The van der Waals surface area contributed by atoms with Crippen LogP contribution in [0.25, 0.3) is 0 Å². The molecule has 33 heavy (non-hydrogen) atoms. The van der Waals surface area contributed by atoms with Gasteiger partial charge in [-0.3, -0.25) is 4.79 Å². The van der Waals surface area contributed by atoms with Crippen LogP contribution in [0.1, 0.15) is 55.2 Å². The highest BCUT2D eigenvalue weighted by Gasteiger charge is 2.30. The molecular weight excluding hydrogens is 471 g/mol. The maximum Gasteiger partial charge on any atom is 0.416 e. The molecule has 0 saturated heterocycles. The van der Waals surface area contributed by atoms with Gasteiger partial charge in [0.15, 0.2) is 11.0 Å². The molecule has 11 heteroatoms. The number of hydrogen-bond acceptors (Lipinski definition) is 6. The summed E-state index contributed by atoms with van der Waals surface area (Å²) in [6.07, 6.45) is 1.16. The van der Waals surface area contributed by atoms with Crippen molar-refractivity contribution in [3.05, 3.63) is 56.4 Å². The fourth-order valence-electron chi connectivity index (χ4n) is 4.12. The smallest absolute Gasteiger partial charge is 0.378 e. The molecule has 1 N–H and O–H groups in total. The number of thiazole rings is 1. The van der Waals surface area contributed by atoms with Crippen LogP contribution in [0.5, 0.6) is 0 Å². The van der Waals surface area contributed by atoms with E-state index in [1.165, 1.54) is 23.8 Å². The maximum atomic E-state index is 13.0. The molecule has 1 fully saturated rings. The number of halogens is 3. The SMILES string of the molecule is Cc1csc(=O)n1CCSc1nnc(CNc2cccc(C(F)(F)F)c2)n1C1CCCCC1. The number of nitrogens with one attached hydrogen (secondary N) is 1. The van der Waals surface area contributed by atoms with Crippen molar-refractivity contribution in [2.75, 3.05) is 11.1 Å². The van der Waals surface area contributed by atoms with Gasteiger partial charge in [0.25, 0.3) is 0 Å². The van der Waals surface area contributed by atoms with Crippen molar-refractivity contribution in [3.63, 3.8) is 0 Å². The summed E-state index contributed by atoms with van der Waals surface area (Å²) < 4.78 is 43.0. The van der Waals surface area contributed by atoms with Crippen molar-refractivity contribution in [3.8, 4) is 0 Å². The Kier molecular flexibility index (Phi) is 7.48. The van der Waals surface area contributed by atoms with E-state index in [9.17, 15) is 18.0 Å². The van der Waals surface area contributed by atoms with Crippen molar-refractivity contribution in [1.29, 1.82) is 0 Å². The van der Waals surface area contributed by atoms with Crippen molar-refractivity contribution in [2.24, 2.45) is 0 Å². The summed E-state index contributed by atoms with van der Waals surface area (Å²) in [5.41, 5.74) is 0.659. The molecule has 2 heterocycles. The predicted molar refractivity (Wildman–Crippen MR) is 125 cm³/mol. The third kappa shape index (κ3) is 5.81. The normalized spacial score (nSPS) is 15.2. The van der Waals surface area contributed by atoms with Gasteiger partial charge in [0.1, 0.15) is 0 Å². The number of hydrogen-bond donors (Lipinski definition) is 1. The fourth-order valence-corrected chi connectivity index (χ4v) is 5.83. The lowest BCUT2D eigenvalue weighted by Crippen LogP contribution is -2.19. The standard InChI is InChI=1S/C22H26F3N5OS2/c1-15-14-33-21(31)29(15)10-11-32-20-28-27-19(30(20)18-8-3-2-4-9-18)13-26-17-7-5-6-16(12-17)22(23,24)25/h5-7,12,14,18,26H,2-4,8-11,13H2,1H3. The van der Waals surface area contributed by atoms with Crippen LogP contribution in [0.2, 0.25) is 0 Å². The molecular formula is C22H26F3N5OS2. The Morgan fingerprint density at radius 2 is 2.00 bits per heavy atom. The topological polar surface area (TPSA) is 64.7 Å². The average molecular weight is 498 g/mol. The lowest BCUT2D eigenvalue weighted by atomic mass is 9.95. The Morgan fingerprint density at radius 1 is 1.21 bits per heavy atom. The second kappa shape index (κ2) is 10.3. The molecule has 0 bridgehead atoms. The summed E-state index contributed by atoms with van der Waals surface area (Å²) >= 11 is 2.76. The summed E-state index contributed by atoms with van der Waals surface area (Å²) in [5.74, 6) is 1.40. The highest BCUT2D eigenvalue weighted by atomic mass is 32.2. The van der Waals surface area contributed by atoms with Gasteiger partial charge in [-0.1, -0.05) is 48.4 Å². The molecule has 0 unspecified atom stereocenters. The van der Waals surface area contributed by atoms with Gasteiger partial charge in [0.05, 0.1) is 12.1 Å². The quantitative estimate of drug-likeness (QED) is 0.402. The molecule has 1 aromatic carbocycles. The number of aryl methyl sites for hydroxylation is 1. The van der Waals surface area contributed by atoms with Gasteiger partial charge in [-0.2, -0.15) is 13.2 Å². The number of rotatable bonds is 8. The first-order valence-corrected chi connectivity index (χ1v) is 12.8. The zero-order valence-corrected chi connectivity index (χ0v) is 19.9. The molecule has 0 amide bonds. The third-order valence-corrected chi connectivity index (χ3v) is 7.64. The van der Waals surface area contributed by atoms with Crippen molar-refractivity contribution >= 4 is 28.8 Å². The van der Waals surface area contributed by atoms with Crippen LogP contribution >= 0.6 is 23.1 Å².